The highest BCUT2D eigenvalue weighted by molar-refractivity contribution is 7.89. The fraction of sp³-hybridized carbons (Fsp3) is 0.300. The van der Waals surface area contributed by atoms with Crippen LogP contribution in [0.1, 0.15) is 24.2 Å². The highest BCUT2D eigenvalue weighted by Crippen LogP contribution is 2.13. The van der Waals surface area contributed by atoms with Gasteiger partial charge in [-0.3, -0.25) is 4.79 Å². The molecule has 0 heterocycles. The molecule has 1 rings (SSSR count). The lowest BCUT2D eigenvalue weighted by Crippen LogP contribution is -2.30. The van der Waals surface area contributed by atoms with E-state index in [-0.39, 0.29) is 22.8 Å². The van der Waals surface area contributed by atoms with Crippen molar-refractivity contribution in [1.82, 2.24) is 4.72 Å². The summed E-state index contributed by atoms with van der Waals surface area (Å²) in [5, 5.41) is 0. The molecule has 1 N–H and O–H groups in total. The van der Waals surface area contributed by atoms with Crippen molar-refractivity contribution in [2.24, 2.45) is 0 Å². The third kappa shape index (κ3) is 2.86. The molecule has 1 aromatic rings. The van der Waals surface area contributed by atoms with Gasteiger partial charge >= 0.3 is 0 Å². The maximum absolute atomic E-state index is 13.0. The fourth-order valence-electron chi connectivity index (χ4n) is 1.16. The minimum Gasteiger partial charge on any atom is -0.298 e. The van der Waals surface area contributed by atoms with Crippen molar-refractivity contribution in [2.75, 3.05) is 0 Å². The van der Waals surface area contributed by atoms with Gasteiger partial charge in [0.1, 0.15) is 5.82 Å². The zero-order chi connectivity index (χ0) is 12.3. The average Bonchev–Trinajstić information content (AvgIpc) is 2.16. The van der Waals surface area contributed by atoms with E-state index in [0.717, 1.165) is 18.2 Å². The Labute approximate surface area is 93.5 Å². The third-order valence-corrected chi connectivity index (χ3v) is 3.45. The van der Waals surface area contributed by atoms with E-state index in [0.29, 0.717) is 0 Å². The Balaban J connectivity index is 3.19. The first-order valence-electron chi connectivity index (χ1n) is 4.64. The van der Waals surface area contributed by atoms with Crippen LogP contribution >= 0.6 is 0 Å². The normalized spacial score (nSPS) is 11.8. The van der Waals surface area contributed by atoms with Crippen molar-refractivity contribution in [3.8, 4) is 0 Å². The number of benzene rings is 1. The Morgan fingerprint density at radius 2 is 2.00 bits per heavy atom. The predicted molar refractivity (Wildman–Crippen MR) is 57.2 cm³/mol. The molecule has 0 atom stereocenters. The maximum atomic E-state index is 13.0. The molecule has 1 aromatic carbocycles. The van der Waals surface area contributed by atoms with Crippen LogP contribution in [0, 0.1) is 5.82 Å². The van der Waals surface area contributed by atoms with Crippen LogP contribution in [0.15, 0.2) is 23.1 Å². The highest BCUT2D eigenvalue weighted by atomic mass is 32.2. The first-order valence-corrected chi connectivity index (χ1v) is 6.12. The summed E-state index contributed by atoms with van der Waals surface area (Å²) in [5.41, 5.74) is -0.272. The summed E-state index contributed by atoms with van der Waals surface area (Å²) in [6.45, 7) is 3.34. The first kappa shape index (κ1) is 12.8. The minimum atomic E-state index is -3.68. The van der Waals surface area contributed by atoms with Crippen molar-refractivity contribution < 1.29 is 17.6 Å². The van der Waals surface area contributed by atoms with Crippen molar-refractivity contribution in [3.05, 3.63) is 29.6 Å². The Kier molecular flexibility index (Phi) is 3.77. The lowest BCUT2D eigenvalue weighted by Gasteiger charge is -2.09. The summed E-state index contributed by atoms with van der Waals surface area (Å²) in [6, 6.07) is 2.81. The van der Waals surface area contributed by atoms with Crippen molar-refractivity contribution in [3.63, 3.8) is 0 Å². The molecule has 0 saturated heterocycles. The number of nitrogens with one attached hydrogen (secondary N) is 1. The van der Waals surface area contributed by atoms with Gasteiger partial charge in [-0.25, -0.2) is 17.5 Å². The van der Waals surface area contributed by atoms with E-state index in [1.54, 1.807) is 13.8 Å². The molecule has 6 heteroatoms. The number of carbonyl (C=O) groups excluding carboxylic acids is 1. The summed E-state index contributed by atoms with van der Waals surface area (Å²) in [6.07, 6.45) is 0.281. The standard InChI is InChI=1S/C10H12FNO3S/c1-7(2)12-16(14,15)9-3-4-10(11)8(5-9)6-13/h3-7,12H,1-2H3. The Bertz CT molecular complexity index is 497. The van der Waals surface area contributed by atoms with Crippen molar-refractivity contribution >= 4 is 16.3 Å². The largest absolute Gasteiger partial charge is 0.298 e. The number of sulfonamides is 1. The van der Waals surface area contributed by atoms with Crippen LogP contribution in [-0.4, -0.2) is 20.7 Å². The van der Waals surface area contributed by atoms with Crippen LogP contribution in [-0.2, 0) is 10.0 Å². The molecule has 0 aliphatic rings. The van der Waals surface area contributed by atoms with Gasteiger partial charge in [0, 0.05) is 6.04 Å². The van der Waals surface area contributed by atoms with E-state index in [9.17, 15) is 17.6 Å². The van der Waals surface area contributed by atoms with Crippen LogP contribution in [0.25, 0.3) is 0 Å². The second kappa shape index (κ2) is 4.71. The highest BCUT2D eigenvalue weighted by Gasteiger charge is 2.16. The molecule has 0 aliphatic heterocycles. The number of hydrogen-bond acceptors (Lipinski definition) is 3. The van der Waals surface area contributed by atoms with Gasteiger partial charge in [-0.1, -0.05) is 0 Å². The summed E-state index contributed by atoms with van der Waals surface area (Å²) in [7, 11) is -3.68. The van der Waals surface area contributed by atoms with E-state index < -0.39 is 15.8 Å². The minimum absolute atomic E-state index is 0.121. The molecule has 88 valence electrons. The molecule has 0 bridgehead atoms. The van der Waals surface area contributed by atoms with Crippen LogP contribution in [0.5, 0.6) is 0 Å². The molecule has 4 nitrogen and oxygen atoms in total. The molecule has 0 unspecified atom stereocenters. The quantitative estimate of drug-likeness (QED) is 0.814. The summed E-state index contributed by atoms with van der Waals surface area (Å²) < 4.78 is 38.7. The molecule has 0 aromatic heterocycles. The Hall–Kier alpha value is -1.27. The molecule has 0 amide bonds. The number of hydrogen-bond donors (Lipinski definition) is 1. The van der Waals surface area contributed by atoms with Gasteiger partial charge in [0.2, 0.25) is 10.0 Å². The summed E-state index contributed by atoms with van der Waals surface area (Å²) in [4.78, 5) is 10.4. The van der Waals surface area contributed by atoms with Gasteiger partial charge in [0.15, 0.2) is 6.29 Å². The monoisotopic (exact) mass is 245 g/mol. The van der Waals surface area contributed by atoms with Crippen molar-refractivity contribution in [2.45, 2.75) is 24.8 Å². The Morgan fingerprint density at radius 1 is 1.38 bits per heavy atom. The fourth-order valence-corrected chi connectivity index (χ4v) is 2.44. The SMILES string of the molecule is CC(C)NS(=O)(=O)c1ccc(F)c(C=O)c1. The van der Waals surface area contributed by atoms with E-state index in [2.05, 4.69) is 4.72 Å². The van der Waals surface area contributed by atoms with Gasteiger partial charge in [-0.2, -0.15) is 0 Å². The topological polar surface area (TPSA) is 63.2 Å². The van der Waals surface area contributed by atoms with Crippen molar-refractivity contribution in [1.29, 1.82) is 0 Å². The van der Waals surface area contributed by atoms with Gasteiger partial charge in [-0.05, 0) is 32.0 Å². The Morgan fingerprint density at radius 3 is 2.50 bits per heavy atom. The molecular formula is C10H12FNO3S. The van der Waals surface area contributed by atoms with Crippen LogP contribution < -0.4 is 4.72 Å². The zero-order valence-electron chi connectivity index (χ0n) is 8.90. The van der Waals surface area contributed by atoms with Gasteiger partial charge in [0.05, 0.1) is 10.5 Å². The maximum Gasteiger partial charge on any atom is 0.240 e. The predicted octanol–water partition coefficient (Wildman–Crippen LogP) is 1.32. The summed E-state index contributed by atoms with van der Waals surface area (Å²) >= 11 is 0. The van der Waals surface area contributed by atoms with E-state index in [4.69, 9.17) is 0 Å². The first-order chi connectivity index (χ1) is 7.36. The molecule has 16 heavy (non-hydrogen) atoms. The van der Waals surface area contributed by atoms with Gasteiger partial charge < -0.3 is 0 Å². The van der Waals surface area contributed by atoms with E-state index >= 15 is 0 Å². The lowest BCUT2D eigenvalue weighted by molar-refractivity contribution is 0.111. The molecule has 0 saturated carbocycles. The van der Waals surface area contributed by atoms with E-state index in [1.807, 2.05) is 0 Å². The second-order valence-corrected chi connectivity index (χ2v) is 5.29. The lowest BCUT2D eigenvalue weighted by atomic mass is 10.2. The number of aldehydes is 1. The van der Waals surface area contributed by atoms with Gasteiger partial charge in [-0.15, -0.1) is 0 Å². The average molecular weight is 245 g/mol. The smallest absolute Gasteiger partial charge is 0.240 e. The molecule has 0 aliphatic carbocycles. The molecule has 0 fully saturated rings. The molecule has 0 radical (unpaired) electrons. The third-order valence-electron chi connectivity index (χ3n) is 1.80. The van der Waals surface area contributed by atoms with Gasteiger partial charge in [0.25, 0.3) is 0 Å². The number of carbonyl (C=O) groups is 1. The summed E-state index contributed by atoms with van der Waals surface area (Å²) in [5.74, 6) is -0.738. The number of halogens is 1. The second-order valence-electron chi connectivity index (χ2n) is 3.58. The zero-order valence-corrected chi connectivity index (χ0v) is 9.71. The van der Waals surface area contributed by atoms with E-state index in [1.165, 1.54) is 0 Å². The van der Waals surface area contributed by atoms with Crippen LogP contribution in [0.2, 0.25) is 0 Å². The molecular weight excluding hydrogens is 233 g/mol. The van der Waals surface area contributed by atoms with Crippen LogP contribution in [0.4, 0.5) is 4.39 Å². The van der Waals surface area contributed by atoms with Crippen LogP contribution in [0.3, 0.4) is 0 Å². The molecule has 0 spiro atoms. The number of rotatable bonds is 4.